The van der Waals surface area contributed by atoms with Crippen molar-refractivity contribution in [2.75, 3.05) is 31.0 Å². The molecule has 0 spiro atoms. The lowest BCUT2D eigenvalue weighted by molar-refractivity contribution is -0.136. The van der Waals surface area contributed by atoms with Crippen LogP contribution >= 0.6 is 23.2 Å². The van der Waals surface area contributed by atoms with Crippen LogP contribution in [0.25, 0.3) is 6.08 Å². The predicted molar refractivity (Wildman–Crippen MR) is 150 cm³/mol. The maximum absolute atomic E-state index is 13.4. The van der Waals surface area contributed by atoms with Crippen LogP contribution in [0.2, 0.25) is 10.0 Å². The number of esters is 1. The largest absolute Gasteiger partial charge is 0.497 e. The van der Waals surface area contributed by atoms with Gasteiger partial charge in [-0.3, -0.25) is 14.5 Å². The molecular weight excluding hydrogens is 543 g/mol. The van der Waals surface area contributed by atoms with Crippen LogP contribution in [-0.4, -0.2) is 38.6 Å². The second-order valence-electron chi connectivity index (χ2n) is 8.38. The molecule has 0 saturated heterocycles. The monoisotopic (exact) mass is 566 g/mol. The van der Waals surface area contributed by atoms with E-state index in [2.05, 4.69) is 5.32 Å². The van der Waals surface area contributed by atoms with Crippen LogP contribution in [0.1, 0.15) is 12.5 Å². The number of rotatable bonds is 8. The summed E-state index contributed by atoms with van der Waals surface area (Å²) in [6, 6.07) is 18.5. The molecule has 8 nitrogen and oxygen atoms in total. The molecule has 0 fully saturated rings. The average molecular weight is 567 g/mol. The van der Waals surface area contributed by atoms with E-state index >= 15 is 0 Å². The molecule has 200 valence electrons. The number of benzene rings is 3. The first-order valence-electron chi connectivity index (χ1n) is 11.7. The summed E-state index contributed by atoms with van der Waals surface area (Å²) in [5.41, 5.74) is 2.43. The third kappa shape index (κ3) is 6.25. The Bertz CT molecular complexity index is 1480. The van der Waals surface area contributed by atoms with Crippen molar-refractivity contribution in [2.45, 2.75) is 6.92 Å². The minimum Gasteiger partial charge on any atom is -0.497 e. The van der Waals surface area contributed by atoms with Gasteiger partial charge in [0, 0.05) is 11.4 Å². The molecule has 1 N–H and O–H groups in total. The van der Waals surface area contributed by atoms with Gasteiger partial charge in [0.25, 0.3) is 11.8 Å². The number of anilines is 2. The molecule has 1 aliphatic rings. The van der Waals surface area contributed by atoms with Gasteiger partial charge in [0.15, 0.2) is 6.61 Å². The molecule has 2 amide bonds. The molecule has 3 aromatic rings. The number of allylic oxidation sites excluding steroid dienone is 1. The first-order chi connectivity index (χ1) is 18.7. The number of nitrogens with zero attached hydrogens (tertiary/aromatic N) is 1. The highest BCUT2D eigenvalue weighted by molar-refractivity contribution is 6.42. The van der Waals surface area contributed by atoms with E-state index in [9.17, 15) is 14.4 Å². The number of carbonyl (C=O) groups excluding carboxylic acids is 3. The van der Waals surface area contributed by atoms with E-state index in [1.165, 1.54) is 12.0 Å². The first-order valence-corrected chi connectivity index (χ1v) is 12.4. The van der Waals surface area contributed by atoms with E-state index in [-0.39, 0.29) is 28.7 Å². The molecule has 0 saturated carbocycles. The first kappa shape index (κ1) is 27.8. The van der Waals surface area contributed by atoms with Crippen molar-refractivity contribution in [3.63, 3.8) is 0 Å². The summed E-state index contributed by atoms with van der Waals surface area (Å²) >= 11 is 12.2. The van der Waals surface area contributed by atoms with Gasteiger partial charge in [0.2, 0.25) is 0 Å². The molecule has 1 heterocycles. The second kappa shape index (κ2) is 12.1. The summed E-state index contributed by atoms with van der Waals surface area (Å²) in [5, 5.41) is 3.36. The van der Waals surface area contributed by atoms with Crippen LogP contribution in [-0.2, 0) is 19.1 Å². The summed E-state index contributed by atoms with van der Waals surface area (Å²) in [6.07, 6.45) is 1.59. The van der Waals surface area contributed by atoms with Gasteiger partial charge in [-0.25, -0.2) is 4.79 Å². The summed E-state index contributed by atoms with van der Waals surface area (Å²) in [4.78, 5) is 39.7. The molecule has 4 rings (SSSR count). The summed E-state index contributed by atoms with van der Waals surface area (Å²) < 4.78 is 15.6. The number of ether oxygens (including phenoxy) is 3. The number of methoxy groups -OCH3 is 2. The van der Waals surface area contributed by atoms with Gasteiger partial charge in [-0.15, -0.1) is 0 Å². The summed E-state index contributed by atoms with van der Waals surface area (Å²) in [6.45, 7) is 1.46. The topological polar surface area (TPSA) is 94.2 Å². The average Bonchev–Trinajstić information content (AvgIpc) is 3.18. The number of carbonyl (C=O) groups is 3. The maximum atomic E-state index is 13.4. The third-order valence-corrected chi connectivity index (χ3v) is 6.62. The highest BCUT2D eigenvalue weighted by Gasteiger charge is 2.38. The van der Waals surface area contributed by atoms with Crippen LogP contribution in [0.4, 0.5) is 11.4 Å². The molecule has 0 radical (unpaired) electrons. The SMILES string of the molecule is COC(=O)C1=C(C)N(c2ccc(Cl)c(Cl)c2)C(=O)/C1=C\c1ccc(OCC(=O)Nc2ccc(OC)cc2)cc1. The quantitative estimate of drug-likeness (QED) is 0.269. The van der Waals surface area contributed by atoms with Crippen LogP contribution < -0.4 is 19.7 Å². The highest BCUT2D eigenvalue weighted by atomic mass is 35.5. The third-order valence-electron chi connectivity index (χ3n) is 5.89. The minimum atomic E-state index is -0.641. The molecule has 0 aromatic heterocycles. The molecule has 0 aliphatic carbocycles. The van der Waals surface area contributed by atoms with E-state index in [4.69, 9.17) is 37.4 Å². The Morgan fingerprint density at radius 2 is 1.59 bits per heavy atom. The lowest BCUT2D eigenvalue weighted by atomic mass is 10.0. The van der Waals surface area contributed by atoms with Crippen LogP contribution in [0.15, 0.2) is 83.6 Å². The summed E-state index contributed by atoms with van der Waals surface area (Å²) in [7, 11) is 2.82. The maximum Gasteiger partial charge on any atom is 0.340 e. The Labute approximate surface area is 235 Å². The molecular formula is C29H24Cl2N2O6. The van der Waals surface area contributed by atoms with Crippen molar-refractivity contribution in [1.29, 1.82) is 0 Å². The second-order valence-corrected chi connectivity index (χ2v) is 9.20. The number of halogens is 2. The van der Waals surface area contributed by atoms with Crippen molar-refractivity contribution in [3.8, 4) is 11.5 Å². The normalized spacial score (nSPS) is 14.0. The zero-order valence-corrected chi connectivity index (χ0v) is 22.8. The van der Waals surface area contributed by atoms with Crippen molar-refractivity contribution >= 4 is 58.4 Å². The number of hydrogen-bond acceptors (Lipinski definition) is 6. The zero-order chi connectivity index (χ0) is 28.1. The molecule has 0 bridgehead atoms. The number of hydrogen-bond donors (Lipinski definition) is 1. The molecule has 0 atom stereocenters. The Morgan fingerprint density at radius 1 is 0.923 bits per heavy atom. The standard InChI is InChI=1S/C29H24Cl2N2O6/c1-17-27(29(36)38-3)23(28(35)33(17)20-8-13-24(30)25(31)15-20)14-18-4-9-22(10-5-18)39-16-26(34)32-19-6-11-21(37-2)12-7-19/h4-15H,16H2,1-3H3,(H,32,34)/b23-14-. The van der Waals surface area contributed by atoms with Gasteiger partial charge in [-0.2, -0.15) is 0 Å². The van der Waals surface area contributed by atoms with Crippen molar-refractivity contribution in [2.24, 2.45) is 0 Å². The molecule has 39 heavy (non-hydrogen) atoms. The van der Waals surface area contributed by atoms with E-state index < -0.39 is 11.9 Å². The van der Waals surface area contributed by atoms with Crippen LogP contribution in [0.3, 0.4) is 0 Å². The highest BCUT2D eigenvalue weighted by Crippen LogP contribution is 2.37. The van der Waals surface area contributed by atoms with Crippen molar-refractivity contribution < 1.29 is 28.6 Å². The molecule has 1 aliphatic heterocycles. The predicted octanol–water partition coefficient (Wildman–Crippen LogP) is 5.90. The lowest BCUT2D eigenvalue weighted by Crippen LogP contribution is -2.24. The molecule has 0 unspecified atom stereocenters. The minimum absolute atomic E-state index is 0.143. The Morgan fingerprint density at radius 3 is 2.21 bits per heavy atom. The fourth-order valence-electron chi connectivity index (χ4n) is 3.96. The number of nitrogens with one attached hydrogen (secondary N) is 1. The van der Waals surface area contributed by atoms with Gasteiger partial charge in [0.05, 0.1) is 41.1 Å². The van der Waals surface area contributed by atoms with Gasteiger partial charge >= 0.3 is 5.97 Å². The molecule has 3 aromatic carbocycles. The Hall–Kier alpha value is -4.27. The molecule has 10 heteroatoms. The van der Waals surface area contributed by atoms with Gasteiger partial charge < -0.3 is 19.5 Å². The number of amides is 2. The van der Waals surface area contributed by atoms with Gasteiger partial charge in [-0.05, 0) is 73.2 Å². The van der Waals surface area contributed by atoms with Crippen LogP contribution in [0.5, 0.6) is 11.5 Å². The van der Waals surface area contributed by atoms with Gasteiger partial charge in [0.1, 0.15) is 11.5 Å². The van der Waals surface area contributed by atoms with Gasteiger partial charge in [-0.1, -0.05) is 35.3 Å². The van der Waals surface area contributed by atoms with E-state index in [0.717, 1.165) is 0 Å². The van der Waals surface area contributed by atoms with E-state index in [1.54, 1.807) is 86.8 Å². The Balaban J connectivity index is 1.49. The van der Waals surface area contributed by atoms with E-state index in [1.807, 2.05) is 0 Å². The lowest BCUT2D eigenvalue weighted by Gasteiger charge is -2.18. The van der Waals surface area contributed by atoms with Crippen molar-refractivity contribution in [1.82, 2.24) is 0 Å². The fraction of sp³-hybridized carbons (Fsp3) is 0.138. The van der Waals surface area contributed by atoms with E-state index in [0.29, 0.717) is 39.2 Å². The smallest absolute Gasteiger partial charge is 0.340 e. The summed E-state index contributed by atoms with van der Waals surface area (Å²) in [5.74, 6) is -0.241. The van der Waals surface area contributed by atoms with Crippen molar-refractivity contribution in [3.05, 3.63) is 99.2 Å². The Kier molecular flexibility index (Phi) is 8.59. The van der Waals surface area contributed by atoms with Crippen LogP contribution in [0, 0.1) is 0 Å². The fourth-order valence-corrected chi connectivity index (χ4v) is 4.25. The zero-order valence-electron chi connectivity index (χ0n) is 21.3.